The van der Waals surface area contributed by atoms with Gasteiger partial charge in [0, 0.05) is 17.6 Å². The van der Waals surface area contributed by atoms with E-state index in [4.69, 9.17) is 4.74 Å². The lowest BCUT2D eigenvalue weighted by molar-refractivity contribution is 0.0148. The summed E-state index contributed by atoms with van der Waals surface area (Å²) in [6.45, 7) is 3.63. The maximum atomic E-state index is 12.4. The van der Waals surface area contributed by atoms with Crippen molar-refractivity contribution >= 4 is 11.6 Å². The maximum Gasteiger partial charge on any atom is 0.208 e. The summed E-state index contributed by atoms with van der Waals surface area (Å²) in [7, 11) is 0. The molecule has 0 radical (unpaired) electrons. The molecule has 98 valence electrons. The highest BCUT2D eigenvalue weighted by atomic mass is 16.5. The smallest absolute Gasteiger partial charge is 0.208 e. The molecule has 1 N–H and O–H groups in total. The van der Waals surface area contributed by atoms with Crippen LogP contribution in [-0.2, 0) is 4.74 Å². The fourth-order valence-corrected chi connectivity index (χ4v) is 2.74. The second kappa shape index (κ2) is 3.99. The fourth-order valence-electron chi connectivity index (χ4n) is 2.74. The molecule has 0 unspecified atom stereocenters. The van der Waals surface area contributed by atoms with Crippen LogP contribution >= 0.6 is 0 Å². The Labute approximate surface area is 109 Å². The predicted molar refractivity (Wildman–Crippen MR) is 66.2 cm³/mol. The Hall–Kier alpha value is -2.01. The summed E-state index contributed by atoms with van der Waals surface area (Å²) >= 11 is 0. The van der Waals surface area contributed by atoms with Crippen LogP contribution in [0, 0.1) is 0 Å². The molecular weight excluding hydrogens is 246 g/mol. The fraction of sp³-hybridized carbons (Fsp3) is 0.357. The number of nitrogens with zero attached hydrogens (tertiary/aromatic N) is 1. The van der Waals surface area contributed by atoms with Crippen molar-refractivity contribution in [3.8, 4) is 5.75 Å². The molecule has 3 rings (SSSR count). The number of rotatable bonds is 0. The van der Waals surface area contributed by atoms with Gasteiger partial charge in [-0.15, -0.1) is 0 Å². The number of carbonyl (C=O) groups excluding carboxylic acids is 2. The Morgan fingerprint density at radius 3 is 2.79 bits per heavy atom. The molecule has 2 heterocycles. The van der Waals surface area contributed by atoms with Crippen molar-refractivity contribution in [1.29, 1.82) is 0 Å². The lowest BCUT2D eigenvalue weighted by Crippen LogP contribution is -2.36. The molecule has 5 heteroatoms. The third kappa shape index (κ3) is 1.69. The summed E-state index contributed by atoms with van der Waals surface area (Å²) in [6, 6.07) is 1.29. The number of pyridine rings is 1. The van der Waals surface area contributed by atoms with Crippen LogP contribution in [-0.4, -0.2) is 33.9 Å². The summed E-state index contributed by atoms with van der Waals surface area (Å²) < 4.78 is 5.61. The van der Waals surface area contributed by atoms with Crippen molar-refractivity contribution in [2.75, 3.05) is 0 Å². The topological polar surface area (TPSA) is 76.5 Å². The monoisotopic (exact) mass is 259 g/mol. The molecule has 1 aliphatic carbocycles. The van der Waals surface area contributed by atoms with E-state index >= 15 is 0 Å². The van der Waals surface area contributed by atoms with Gasteiger partial charge in [-0.1, -0.05) is 0 Å². The Morgan fingerprint density at radius 1 is 1.32 bits per heavy atom. The first kappa shape index (κ1) is 12.0. The highest BCUT2D eigenvalue weighted by Crippen LogP contribution is 2.35. The standard InChI is InChI=1S/C14H13NO4/c1-6-3-9-11(7(2)19-6)13(17)10-4-8(16)5-15-12(10)14(9)18/h4-7,16H,3H2,1-2H3/t6-,7+/m0/s1. The summed E-state index contributed by atoms with van der Waals surface area (Å²) in [5.74, 6) is -0.624. The minimum Gasteiger partial charge on any atom is -0.506 e. The van der Waals surface area contributed by atoms with Gasteiger partial charge in [0.1, 0.15) is 11.4 Å². The van der Waals surface area contributed by atoms with E-state index in [0.29, 0.717) is 17.6 Å². The molecule has 1 aliphatic heterocycles. The SMILES string of the molecule is C[C@H]1CC2=C(C(=O)c3cc(O)cnc3C2=O)[C@@H](C)O1. The Balaban J connectivity index is 2.21. The zero-order valence-corrected chi connectivity index (χ0v) is 10.6. The van der Waals surface area contributed by atoms with Crippen molar-refractivity contribution in [2.24, 2.45) is 0 Å². The van der Waals surface area contributed by atoms with Crippen molar-refractivity contribution in [3.63, 3.8) is 0 Å². The molecule has 5 nitrogen and oxygen atoms in total. The first-order valence-electron chi connectivity index (χ1n) is 6.16. The van der Waals surface area contributed by atoms with E-state index in [-0.39, 0.29) is 34.7 Å². The number of hydrogen-bond acceptors (Lipinski definition) is 5. The van der Waals surface area contributed by atoms with Gasteiger partial charge in [-0.3, -0.25) is 9.59 Å². The molecule has 1 aromatic heterocycles. The molecule has 0 bridgehead atoms. The number of carbonyl (C=O) groups is 2. The predicted octanol–water partition coefficient (Wildman–Crippen LogP) is 1.66. The summed E-state index contributed by atoms with van der Waals surface area (Å²) in [6.07, 6.45) is 1.10. The highest BCUT2D eigenvalue weighted by Gasteiger charge is 2.39. The van der Waals surface area contributed by atoms with Crippen LogP contribution in [0.15, 0.2) is 23.4 Å². The van der Waals surface area contributed by atoms with Gasteiger partial charge in [0.2, 0.25) is 5.78 Å². The molecule has 2 atom stereocenters. The Morgan fingerprint density at radius 2 is 2.05 bits per heavy atom. The number of hydrogen-bond donors (Lipinski definition) is 1. The van der Waals surface area contributed by atoms with Gasteiger partial charge in [0.15, 0.2) is 5.78 Å². The van der Waals surface area contributed by atoms with Gasteiger partial charge in [-0.2, -0.15) is 0 Å². The summed E-state index contributed by atoms with van der Waals surface area (Å²) in [5, 5.41) is 9.42. The minimum atomic E-state index is -0.411. The molecule has 0 saturated carbocycles. The molecule has 19 heavy (non-hydrogen) atoms. The average molecular weight is 259 g/mol. The first-order chi connectivity index (χ1) is 8.99. The first-order valence-corrected chi connectivity index (χ1v) is 6.16. The number of aromatic nitrogens is 1. The van der Waals surface area contributed by atoms with Crippen LogP contribution in [0.5, 0.6) is 5.75 Å². The number of ether oxygens (including phenoxy) is 1. The van der Waals surface area contributed by atoms with Crippen LogP contribution in [0.4, 0.5) is 0 Å². The van der Waals surface area contributed by atoms with Gasteiger partial charge in [0.25, 0.3) is 0 Å². The zero-order chi connectivity index (χ0) is 13.7. The molecule has 0 saturated heterocycles. The van der Waals surface area contributed by atoms with E-state index in [1.165, 1.54) is 12.3 Å². The molecule has 0 aromatic carbocycles. The van der Waals surface area contributed by atoms with E-state index in [0.717, 1.165) is 0 Å². The normalized spacial score (nSPS) is 26.2. The third-order valence-corrected chi connectivity index (χ3v) is 3.51. The molecule has 2 aliphatic rings. The lowest BCUT2D eigenvalue weighted by atomic mass is 9.81. The van der Waals surface area contributed by atoms with E-state index < -0.39 is 6.10 Å². The molecule has 0 spiro atoms. The summed E-state index contributed by atoms with van der Waals surface area (Å²) in [5.41, 5.74) is 1.20. The Bertz CT molecular complexity index is 632. The van der Waals surface area contributed by atoms with Crippen LogP contribution < -0.4 is 0 Å². The van der Waals surface area contributed by atoms with E-state index in [2.05, 4.69) is 4.98 Å². The van der Waals surface area contributed by atoms with Crippen molar-refractivity contribution in [2.45, 2.75) is 32.5 Å². The number of fused-ring (bicyclic) bond motifs is 1. The second-order valence-corrected chi connectivity index (χ2v) is 4.93. The largest absolute Gasteiger partial charge is 0.506 e. The minimum absolute atomic E-state index is 0.0934. The second-order valence-electron chi connectivity index (χ2n) is 4.93. The van der Waals surface area contributed by atoms with Crippen LogP contribution in [0.2, 0.25) is 0 Å². The number of Topliss-reactive ketones (excluding diaryl/α,β-unsaturated/α-hetero) is 2. The van der Waals surface area contributed by atoms with Crippen molar-refractivity contribution in [3.05, 3.63) is 34.7 Å². The van der Waals surface area contributed by atoms with Crippen molar-refractivity contribution in [1.82, 2.24) is 4.98 Å². The van der Waals surface area contributed by atoms with Gasteiger partial charge >= 0.3 is 0 Å². The summed E-state index contributed by atoms with van der Waals surface area (Å²) in [4.78, 5) is 28.7. The molecule has 0 amide bonds. The average Bonchev–Trinajstić information content (AvgIpc) is 2.35. The van der Waals surface area contributed by atoms with Crippen molar-refractivity contribution < 1.29 is 19.4 Å². The molecular formula is C14H13NO4. The van der Waals surface area contributed by atoms with Gasteiger partial charge in [-0.05, 0) is 19.9 Å². The molecule has 0 fully saturated rings. The van der Waals surface area contributed by atoms with Gasteiger partial charge in [0.05, 0.1) is 24.0 Å². The highest BCUT2D eigenvalue weighted by molar-refractivity contribution is 6.26. The van der Waals surface area contributed by atoms with E-state index in [1.54, 1.807) is 6.92 Å². The van der Waals surface area contributed by atoms with E-state index in [1.807, 2.05) is 6.92 Å². The zero-order valence-electron chi connectivity index (χ0n) is 10.6. The third-order valence-electron chi connectivity index (χ3n) is 3.51. The number of ketones is 2. The molecule has 1 aromatic rings. The van der Waals surface area contributed by atoms with Gasteiger partial charge < -0.3 is 9.84 Å². The van der Waals surface area contributed by atoms with E-state index in [9.17, 15) is 14.7 Å². The van der Waals surface area contributed by atoms with Crippen LogP contribution in [0.3, 0.4) is 0 Å². The van der Waals surface area contributed by atoms with Crippen LogP contribution in [0.1, 0.15) is 41.1 Å². The Kier molecular flexibility index (Phi) is 2.53. The number of aromatic hydroxyl groups is 1. The van der Waals surface area contributed by atoms with Crippen LogP contribution in [0.25, 0.3) is 0 Å². The lowest BCUT2D eigenvalue weighted by Gasteiger charge is -2.32. The quantitative estimate of drug-likeness (QED) is 0.766. The maximum absolute atomic E-state index is 12.4. The van der Waals surface area contributed by atoms with Gasteiger partial charge in [-0.25, -0.2) is 4.98 Å².